The second kappa shape index (κ2) is 3.30. The number of rotatable bonds is 2. The predicted octanol–water partition coefficient (Wildman–Crippen LogP) is -0.370. The Bertz CT molecular complexity index is 460. The molecule has 2 heterocycles. The molecule has 0 atom stereocenters. The Morgan fingerprint density at radius 2 is 2.13 bits per heavy atom. The molecular formula is C9H10N4O2. The first kappa shape index (κ1) is 9.57. The molecule has 0 saturated carbocycles. The third-order valence-electron chi connectivity index (χ3n) is 2.29. The van der Waals surface area contributed by atoms with Crippen LogP contribution in [0.25, 0.3) is 0 Å². The van der Waals surface area contributed by atoms with Crippen LogP contribution in [0.4, 0.5) is 0 Å². The molecule has 0 radical (unpaired) electrons. The molecule has 0 fully saturated rings. The molecular weight excluding hydrogens is 196 g/mol. The third kappa shape index (κ3) is 1.54. The zero-order chi connectivity index (χ0) is 11.0. The molecule has 1 aromatic rings. The van der Waals surface area contributed by atoms with Crippen LogP contribution >= 0.6 is 0 Å². The van der Waals surface area contributed by atoms with Crippen LogP contribution < -0.4 is 0 Å². The Morgan fingerprint density at radius 1 is 1.40 bits per heavy atom. The molecule has 0 aromatic carbocycles. The topological polar surface area (TPSA) is 68.1 Å². The average molecular weight is 206 g/mol. The minimum atomic E-state index is -0.291. The van der Waals surface area contributed by atoms with Gasteiger partial charge in [-0.05, 0) is 6.92 Å². The van der Waals surface area contributed by atoms with Crippen LogP contribution in [-0.2, 0) is 23.2 Å². The van der Waals surface area contributed by atoms with E-state index in [-0.39, 0.29) is 18.4 Å². The van der Waals surface area contributed by atoms with Gasteiger partial charge in [-0.25, -0.2) is 0 Å². The number of carbonyl (C=O) groups is 2. The van der Waals surface area contributed by atoms with Crippen molar-refractivity contribution in [3.63, 3.8) is 0 Å². The number of aryl methyl sites for hydroxylation is 1. The van der Waals surface area contributed by atoms with Gasteiger partial charge in [-0.15, -0.1) is 10.2 Å². The molecule has 0 saturated heterocycles. The highest BCUT2D eigenvalue weighted by molar-refractivity contribution is 6.15. The molecule has 2 amide bonds. The van der Waals surface area contributed by atoms with Gasteiger partial charge in [-0.2, -0.15) is 0 Å². The average Bonchev–Trinajstić information content (AvgIpc) is 2.67. The summed E-state index contributed by atoms with van der Waals surface area (Å²) in [5.74, 6) is 0.0308. The van der Waals surface area contributed by atoms with Gasteiger partial charge >= 0.3 is 0 Å². The molecule has 15 heavy (non-hydrogen) atoms. The van der Waals surface area contributed by atoms with E-state index in [1.807, 2.05) is 0 Å². The Labute approximate surface area is 86.2 Å². The molecule has 0 bridgehead atoms. The van der Waals surface area contributed by atoms with Crippen molar-refractivity contribution in [3.05, 3.63) is 23.8 Å². The van der Waals surface area contributed by atoms with E-state index < -0.39 is 0 Å². The van der Waals surface area contributed by atoms with Crippen LogP contribution in [0.1, 0.15) is 12.7 Å². The molecule has 1 aromatic heterocycles. The molecule has 0 N–H and O–H groups in total. The first-order chi connectivity index (χ1) is 7.09. The summed E-state index contributed by atoms with van der Waals surface area (Å²) in [4.78, 5) is 24.1. The zero-order valence-corrected chi connectivity index (χ0v) is 8.47. The summed E-state index contributed by atoms with van der Waals surface area (Å²) < 4.78 is 1.67. The lowest BCUT2D eigenvalue weighted by Gasteiger charge is -2.12. The van der Waals surface area contributed by atoms with E-state index in [4.69, 9.17) is 0 Å². The van der Waals surface area contributed by atoms with Crippen LogP contribution in [0.3, 0.4) is 0 Å². The van der Waals surface area contributed by atoms with E-state index in [2.05, 4.69) is 10.2 Å². The number of nitrogens with zero attached hydrogens (tertiary/aromatic N) is 4. The van der Waals surface area contributed by atoms with Gasteiger partial charge in [-0.3, -0.25) is 14.5 Å². The lowest BCUT2D eigenvalue weighted by atomic mass is 10.3. The smallest absolute Gasteiger partial charge is 0.256 e. The standard InChI is InChI=1S/C9H10N4O2/c1-6-3-8(14)13(9(6)15)4-7-11-10-5-12(7)2/h3,5H,4H2,1-2H3. The van der Waals surface area contributed by atoms with Crippen LogP contribution in [0, 0.1) is 0 Å². The van der Waals surface area contributed by atoms with E-state index in [9.17, 15) is 9.59 Å². The first-order valence-corrected chi connectivity index (χ1v) is 4.46. The summed E-state index contributed by atoms with van der Waals surface area (Å²) >= 11 is 0. The van der Waals surface area contributed by atoms with Gasteiger partial charge < -0.3 is 4.57 Å². The molecule has 6 heteroatoms. The first-order valence-electron chi connectivity index (χ1n) is 4.46. The molecule has 0 spiro atoms. The fraction of sp³-hybridized carbons (Fsp3) is 0.333. The van der Waals surface area contributed by atoms with Crippen LogP contribution in [0.5, 0.6) is 0 Å². The van der Waals surface area contributed by atoms with Crippen molar-refractivity contribution >= 4 is 11.8 Å². The second-order valence-electron chi connectivity index (χ2n) is 3.41. The van der Waals surface area contributed by atoms with Gasteiger partial charge in [0.2, 0.25) is 0 Å². The number of amides is 2. The summed E-state index contributed by atoms with van der Waals surface area (Å²) in [5.41, 5.74) is 0.460. The Morgan fingerprint density at radius 3 is 2.60 bits per heavy atom. The molecule has 1 aliphatic heterocycles. The lowest BCUT2D eigenvalue weighted by Crippen LogP contribution is -2.31. The molecule has 0 aliphatic carbocycles. The summed E-state index contributed by atoms with van der Waals surface area (Å²) in [6.45, 7) is 1.79. The zero-order valence-electron chi connectivity index (χ0n) is 8.47. The maximum atomic E-state index is 11.5. The maximum Gasteiger partial charge on any atom is 0.256 e. The van der Waals surface area contributed by atoms with Crippen molar-refractivity contribution < 1.29 is 9.59 Å². The maximum absolute atomic E-state index is 11.5. The Hall–Kier alpha value is -1.98. The van der Waals surface area contributed by atoms with E-state index in [1.165, 1.54) is 12.4 Å². The molecule has 1 aliphatic rings. The van der Waals surface area contributed by atoms with Crippen molar-refractivity contribution in [2.45, 2.75) is 13.5 Å². The predicted molar refractivity (Wildman–Crippen MR) is 50.3 cm³/mol. The summed E-state index contributed by atoms with van der Waals surface area (Å²) in [5, 5.41) is 7.50. The van der Waals surface area contributed by atoms with Crippen LogP contribution in [0.2, 0.25) is 0 Å². The number of imide groups is 1. The quantitative estimate of drug-likeness (QED) is 0.619. The number of hydrogen-bond acceptors (Lipinski definition) is 4. The minimum absolute atomic E-state index is 0.169. The van der Waals surface area contributed by atoms with Crippen LogP contribution in [-0.4, -0.2) is 31.5 Å². The van der Waals surface area contributed by atoms with Gasteiger partial charge in [0.25, 0.3) is 11.8 Å². The van der Waals surface area contributed by atoms with Gasteiger partial charge in [0.15, 0.2) is 5.82 Å². The highest BCUT2D eigenvalue weighted by Crippen LogP contribution is 2.14. The number of hydrogen-bond donors (Lipinski definition) is 0. The highest BCUT2D eigenvalue weighted by atomic mass is 16.2. The summed E-state index contributed by atoms with van der Waals surface area (Å²) in [6.07, 6.45) is 2.86. The minimum Gasteiger partial charge on any atom is -0.319 e. The van der Waals surface area contributed by atoms with E-state index in [0.29, 0.717) is 11.4 Å². The third-order valence-corrected chi connectivity index (χ3v) is 2.29. The second-order valence-corrected chi connectivity index (χ2v) is 3.41. The monoisotopic (exact) mass is 206 g/mol. The van der Waals surface area contributed by atoms with E-state index >= 15 is 0 Å². The van der Waals surface area contributed by atoms with Gasteiger partial charge in [-0.1, -0.05) is 0 Å². The molecule has 6 nitrogen and oxygen atoms in total. The van der Waals surface area contributed by atoms with Gasteiger partial charge in [0.1, 0.15) is 6.33 Å². The van der Waals surface area contributed by atoms with E-state index in [0.717, 1.165) is 4.90 Å². The number of carbonyl (C=O) groups excluding carboxylic acids is 2. The summed E-state index contributed by atoms with van der Waals surface area (Å²) in [6, 6.07) is 0. The molecule has 0 unspecified atom stereocenters. The van der Waals surface area contributed by atoms with Crippen molar-refractivity contribution in [1.82, 2.24) is 19.7 Å². The SMILES string of the molecule is CC1=CC(=O)N(Cc2nncn2C)C1=O. The van der Waals surface area contributed by atoms with Gasteiger partial charge in [0, 0.05) is 18.7 Å². The van der Waals surface area contributed by atoms with Crippen molar-refractivity contribution in [2.75, 3.05) is 0 Å². The fourth-order valence-corrected chi connectivity index (χ4v) is 1.38. The van der Waals surface area contributed by atoms with E-state index in [1.54, 1.807) is 18.5 Å². The van der Waals surface area contributed by atoms with Crippen molar-refractivity contribution in [3.8, 4) is 0 Å². The highest BCUT2D eigenvalue weighted by Gasteiger charge is 2.29. The molecule has 78 valence electrons. The van der Waals surface area contributed by atoms with Gasteiger partial charge in [0.05, 0.1) is 6.54 Å². The number of aromatic nitrogens is 3. The fourth-order valence-electron chi connectivity index (χ4n) is 1.38. The van der Waals surface area contributed by atoms with Crippen molar-refractivity contribution in [2.24, 2.45) is 7.05 Å². The normalized spacial score (nSPS) is 16.1. The Kier molecular flexibility index (Phi) is 2.11. The summed E-state index contributed by atoms with van der Waals surface area (Å²) in [7, 11) is 1.76. The largest absolute Gasteiger partial charge is 0.319 e. The Balaban J connectivity index is 2.19. The van der Waals surface area contributed by atoms with Crippen molar-refractivity contribution in [1.29, 1.82) is 0 Å². The lowest BCUT2D eigenvalue weighted by molar-refractivity contribution is -0.138. The van der Waals surface area contributed by atoms with Crippen LogP contribution in [0.15, 0.2) is 18.0 Å². The molecule has 2 rings (SSSR count).